The molecule has 1 aromatic heterocycles. The zero-order chi connectivity index (χ0) is 12.3. The number of nitrogens with two attached hydrogens (primary N) is 1. The second-order valence-electron chi connectivity index (χ2n) is 4.83. The third-order valence-electron chi connectivity index (χ3n) is 3.76. The van der Waals surface area contributed by atoms with Gasteiger partial charge in [0.1, 0.15) is 5.82 Å². The lowest BCUT2D eigenvalue weighted by Gasteiger charge is -2.25. The van der Waals surface area contributed by atoms with Gasteiger partial charge in [-0.25, -0.2) is 4.98 Å². The largest absolute Gasteiger partial charge is 0.348 e. The van der Waals surface area contributed by atoms with Crippen LogP contribution in [0.2, 0.25) is 0 Å². The van der Waals surface area contributed by atoms with Crippen LogP contribution < -0.4 is 11.1 Å². The average Bonchev–Trinajstić information content (AvgIpc) is 2.95. The van der Waals surface area contributed by atoms with Crippen LogP contribution in [0.5, 0.6) is 0 Å². The number of nitrogens with zero attached hydrogens (tertiary/aromatic N) is 2. The van der Waals surface area contributed by atoms with Gasteiger partial charge < -0.3 is 15.6 Å². The summed E-state index contributed by atoms with van der Waals surface area (Å²) >= 11 is 0. The van der Waals surface area contributed by atoms with Crippen molar-refractivity contribution in [3.63, 3.8) is 0 Å². The summed E-state index contributed by atoms with van der Waals surface area (Å²) in [5, 5.41) is 2.96. The quantitative estimate of drug-likeness (QED) is 0.883. The van der Waals surface area contributed by atoms with E-state index >= 15 is 0 Å². The number of hydrogen-bond donors (Lipinski definition) is 2. The molecular formula is C12H22Cl2N4O. The van der Waals surface area contributed by atoms with Crippen LogP contribution in [0.15, 0.2) is 12.4 Å². The van der Waals surface area contributed by atoms with E-state index in [1.165, 1.54) is 0 Å². The molecule has 0 unspecified atom stereocenters. The molecular weight excluding hydrogens is 287 g/mol. The van der Waals surface area contributed by atoms with Crippen molar-refractivity contribution < 1.29 is 4.79 Å². The van der Waals surface area contributed by atoms with Crippen molar-refractivity contribution in [1.82, 2.24) is 14.9 Å². The van der Waals surface area contributed by atoms with Crippen molar-refractivity contribution in [2.24, 2.45) is 18.2 Å². The Morgan fingerprint density at radius 2 is 2.11 bits per heavy atom. The van der Waals surface area contributed by atoms with Gasteiger partial charge >= 0.3 is 0 Å². The number of halogens is 2. The molecule has 1 aliphatic rings. The number of carbonyl (C=O) groups is 1. The number of carbonyl (C=O) groups excluding carboxylic acids is 1. The SMILES string of the molecule is Cl.Cl.Cn1ccnc1CNC(=O)C1(CN)CCCC1. The van der Waals surface area contributed by atoms with Gasteiger partial charge in [0.05, 0.1) is 12.0 Å². The maximum atomic E-state index is 12.2. The Morgan fingerprint density at radius 1 is 1.47 bits per heavy atom. The highest BCUT2D eigenvalue weighted by Crippen LogP contribution is 2.37. The number of imidazole rings is 1. The van der Waals surface area contributed by atoms with Crippen LogP contribution in [-0.4, -0.2) is 22.0 Å². The van der Waals surface area contributed by atoms with Crippen LogP contribution >= 0.6 is 24.8 Å². The molecule has 0 atom stereocenters. The summed E-state index contributed by atoms with van der Waals surface area (Å²) in [5.74, 6) is 0.948. The minimum absolute atomic E-state index is 0. The topological polar surface area (TPSA) is 72.9 Å². The van der Waals surface area contributed by atoms with Crippen molar-refractivity contribution in [3.8, 4) is 0 Å². The molecule has 1 amide bonds. The summed E-state index contributed by atoms with van der Waals surface area (Å²) in [7, 11) is 1.92. The van der Waals surface area contributed by atoms with Crippen LogP contribution in [0.4, 0.5) is 0 Å². The molecule has 7 heteroatoms. The molecule has 3 N–H and O–H groups in total. The smallest absolute Gasteiger partial charge is 0.227 e. The average molecular weight is 309 g/mol. The lowest BCUT2D eigenvalue weighted by molar-refractivity contribution is -0.130. The molecule has 0 saturated heterocycles. The molecule has 0 aliphatic heterocycles. The predicted molar refractivity (Wildman–Crippen MR) is 79.5 cm³/mol. The molecule has 19 heavy (non-hydrogen) atoms. The first-order valence-electron chi connectivity index (χ1n) is 6.12. The van der Waals surface area contributed by atoms with Gasteiger partial charge in [-0.2, -0.15) is 0 Å². The Morgan fingerprint density at radius 3 is 2.58 bits per heavy atom. The fraction of sp³-hybridized carbons (Fsp3) is 0.667. The van der Waals surface area contributed by atoms with E-state index in [2.05, 4.69) is 10.3 Å². The van der Waals surface area contributed by atoms with E-state index in [1.54, 1.807) is 6.20 Å². The van der Waals surface area contributed by atoms with Crippen molar-refractivity contribution in [2.75, 3.05) is 6.54 Å². The lowest BCUT2D eigenvalue weighted by atomic mass is 9.85. The lowest BCUT2D eigenvalue weighted by Crippen LogP contribution is -2.44. The van der Waals surface area contributed by atoms with E-state index in [-0.39, 0.29) is 36.1 Å². The molecule has 1 heterocycles. The van der Waals surface area contributed by atoms with Crippen LogP contribution in [0, 0.1) is 5.41 Å². The van der Waals surface area contributed by atoms with E-state index in [0.29, 0.717) is 13.1 Å². The zero-order valence-electron chi connectivity index (χ0n) is 11.1. The summed E-state index contributed by atoms with van der Waals surface area (Å²) in [6, 6.07) is 0. The molecule has 0 aromatic carbocycles. The van der Waals surface area contributed by atoms with Crippen LogP contribution in [0.3, 0.4) is 0 Å². The normalized spacial score (nSPS) is 16.3. The second kappa shape index (κ2) is 7.72. The first kappa shape index (κ1) is 18.2. The van der Waals surface area contributed by atoms with E-state index in [9.17, 15) is 4.79 Å². The number of rotatable bonds is 4. The van der Waals surface area contributed by atoms with E-state index in [1.807, 2.05) is 17.8 Å². The third kappa shape index (κ3) is 3.84. The molecule has 5 nitrogen and oxygen atoms in total. The molecule has 1 aliphatic carbocycles. The number of nitrogens with one attached hydrogen (secondary N) is 1. The molecule has 1 fully saturated rings. The van der Waals surface area contributed by atoms with Crippen LogP contribution in [0.25, 0.3) is 0 Å². The van der Waals surface area contributed by atoms with Gasteiger partial charge in [0.15, 0.2) is 0 Å². The molecule has 0 radical (unpaired) electrons. The maximum absolute atomic E-state index is 12.2. The van der Waals surface area contributed by atoms with Crippen molar-refractivity contribution in [2.45, 2.75) is 32.2 Å². The number of hydrogen-bond acceptors (Lipinski definition) is 3. The number of amides is 1. The van der Waals surface area contributed by atoms with Gasteiger partial charge in [-0.3, -0.25) is 4.79 Å². The summed E-state index contributed by atoms with van der Waals surface area (Å²) in [6.45, 7) is 0.920. The Kier molecular flexibility index (Phi) is 7.41. The van der Waals surface area contributed by atoms with Crippen LogP contribution in [0.1, 0.15) is 31.5 Å². The Balaban J connectivity index is 0.00000162. The van der Waals surface area contributed by atoms with Crippen LogP contribution in [-0.2, 0) is 18.4 Å². The first-order valence-corrected chi connectivity index (χ1v) is 6.12. The predicted octanol–water partition coefficient (Wildman–Crippen LogP) is 1.40. The molecule has 110 valence electrons. The molecule has 1 saturated carbocycles. The van der Waals surface area contributed by atoms with Gasteiger partial charge in [0.2, 0.25) is 5.91 Å². The monoisotopic (exact) mass is 308 g/mol. The van der Waals surface area contributed by atoms with Gasteiger partial charge in [0.25, 0.3) is 0 Å². The van der Waals surface area contributed by atoms with E-state index in [4.69, 9.17) is 5.73 Å². The van der Waals surface area contributed by atoms with Crippen molar-refractivity contribution >= 4 is 30.7 Å². The standard InChI is InChI=1S/C12H20N4O.2ClH/c1-16-7-6-14-10(16)8-15-11(17)12(9-13)4-2-3-5-12;;/h6-7H,2-5,8-9,13H2,1H3,(H,15,17);2*1H. The van der Waals surface area contributed by atoms with E-state index < -0.39 is 0 Å². The molecule has 0 bridgehead atoms. The minimum Gasteiger partial charge on any atom is -0.348 e. The van der Waals surface area contributed by atoms with Crippen molar-refractivity contribution in [1.29, 1.82) is 0 Å². The summed E-state index contributed by atoms with van der Waals surface area (Å²) < 4.78 is 1.91. The highest BCUT2D eigenvalue weighted by Gasteiger charge is 2.39. The third-order valence-corrected chi connectivity index (χ3v) is 3.76. The molecule has 1 aromatic rings. The van der Waals surface area contributed by atoms with Gasteiger partial charge in [-0.1, -0.05) is 12.8 Å². The minimum atomic E-state index is -0.328. The Bertz CT molecular complexity index is 402. The maximum Gasteiger partial charge on any atom is 0.227 e. The summed E-state index contributed by atoms with van der Waals surface area (Å²) in [4.78, 5) is 16.4. The fourth-order valence-electron chi connectivity index (χ4n) is 2.49. The Hall–Kier alpha value is -0.780. The summed E-state index contributed by atoms with van der Waals surface area (Å²) in [6.07, 6.45) is 7.64. The van der Waals surface area contributed by atoms with Gasteiger partial charge in [-0.15, -0.1) is 24.8 Å². The van der Waals surface area contributed by atoms with Gasteiger partial charge in [-0.05, 0) is 12.8 Å². The summed E-state index contributed by atoms with van der Waals surface area (Å²) in [5.41, 5.74) is 5.44. The fourth-order valence-corrected chi connectivity index (χ4v) is 2.49. The molecule has 2 rings (SSSR count). The molecule has 0 spiro atoms. The Labute approximate surface area is 126 Å². The number of aromatic nitrogens is 2. The van der Waals surface area contributed by atoms with Gasteiger partial charge in [0, 0.05) is 26.0 Å². The highest BCUT2D eigenvalue weighted by atomic mass is 35.5. The first-order chi connectivity index (χ1) is 8.18. The van der Waals surface area contributed by atoms with E-state index in [0.717, 1.165) is 31.5 Å². The van der Waals surface area contributed by atoms with Crippen molar-refractivity contribution in [3.05, 3.63) is 18.2 Å². The number of aryl methyl sites for hydroxylation is 1. The highest BCUT2D eigenvalue weighted by molar-refractivity contribution is 5.85. The second-order valence-corrected chi connectivity index (χ2v) is 4.83. The zero-order valence-corrected chi connectivity index (χ0v) is 12.7.